The zero-order valence-corrected chi connectivity index (χ0v) is 10.1. The maximum absolute atomic E-state index is 10.4. The molecule has 1 aliphatic rings. The Morgan fingerprint density at radius 3 is 2.44 bits per heavy atom. The van der Waals surface area contributed by atoms with Crippen LogP contribution in [-0.2, 0) is 4.79 Å². The predicted molar refractivity (Wildman–Crippen MR) is 61.4 cm³/mol. The lowest BCUT2D eigenvalue weighted by atomic mass is 10.0. The highest BCUT2D eigenvalue weighted by Gasteiger charge is 2.22. The standard InChI is InChI=1S/C11H22N2O3/c1-12(2)9-3-5-13(6-4-9)8-10(14)7-11(15)16/h9-10,14H,3-8H2,1-2H3,(H,15,16). The molecule has 5 nitrogen and oxygen atoms in total. The van der Waals surface area contributed by atoms with Gasteiger partial charge in [-0.2, -0.15) is 0 Å². The average molecular weight is 230 g/mol. The summed E-state index contributed by atoms with van der Waals surface area (Å²) < 4.78 is 0. The molecule has 0 aliphatic carbocycles. The van der Waals surface area contributed by atoms with Gasteiger partial charge < -0.3 is 20.0 Å². The van der Waals surface area contributed by atoms with E-state index in [0.29, 0.717) is 12.6 Å². The van der Waals surface area contributed by atoms with Gasteiger partial charge in [0.25, 0.3) is 0 Å². The fraction of sp³-hybridized carbons (Fsp3) is 0.909. The number of aliphatic carboxylic acids is 1. The van der Waals surface area contributed by atoms with Gasteiger partial charge in [-0.3, -0.25) is 4.79 Å². The van der Waals surface area contributed by atoms with E-state index >= 15 is 0 Å². The lowest BCUT2D eigenvalue weighted by molar-refractivity contribution is -0.139. The van der Waals surface area contributed by atoms with Crippen molar-refractivity contribution in [1.82, 2.24) is 9.80 Å². The molecule has 0 saturated carbocycles. The first kappa shape index (κ1) is 13.4. The highest BCUT2D eigenvalue weighted by atomic mass is 16.4. The largest absolute Gasteiger partial charge is 0.481 e. The Balaban J connectivity index is 2.24. The Morgan fingerprint density at radius 1 is 1.44 bits per heavy atom. The lowest BCUT2D eigenvalue weighted by Gasteiger charge is -2.35. The van der Waals surface area contributed by atoms with Crippen molar-refractivity contribution < 1.29 is 15.0 Å². The molecule has 94 valence electrons. The quantitative estimate of drug-likeness (QED) is 0.687. The van der Waals surface area contributed by atoms with Crippen LogP contribution in [0.4, 0.5) is 0 Å². The minimum atomic E-state index is -0.935. The van der Waals surface area contributed by atoms with Crippen LogP contribution in [0.15, 0.2) is 0 Å². The summed E-state index contributed by atoms with van der Waals surface area (Å²) >= 11 is 0. The number of carboxylic acids is 1. The van der Waals surface area contributed by atoms with Crippen molar-refractivity contribution in [2.75, 3.05) is 33.7 Å². The van der Waals surface area contributed by atoms with Gasteiger partial charge >= 0.3 is 5.97 Å². The van der Waals surface area contributed by atoms with Crippen LogP contribution < -0.4 is 0 Å². The SMILES string of the molecule is CN(C)C1CCN(CC(O)CC(=O)O)CC1. The topological polar surface area (TPSA) is 64.0 Å². The number of carboxylic acid groups (broad SMARTS) is 1. The number of β-amino-alcohol motifs (C(OH)–C–C–N with tert-alkyl or cyclic N) is 1. The van der Waals surface area contributed by atoms with Crippen LogP contribution in [0.1, 0.15) is 19.3 Å². The third-order valence-electron chi connectivity index (χ3n) is 3.17. The summed E-state index contributed by atoms with van der Waals surface area (Å²) in [7, 11) is 4.17. The molecule has 1 unspecified atom stereocenters. The average Bonchev–Trinajstić information content (AvgIpc) is 2.16. The van der Waals surface area contributed by atoms with Crippen LogP contribution in [0.25, 0.3) is 0 Å². The number of hydrogen-bond acceptors (Lipinski definition) is 4. The molecule has 0 bridgehead atoms. The minimum absolute atomic E-state index is 0.159. The molecule has 1 rings (SSSR count). The number of piperidine rings is 1. The van der Waals surface area contributed by atoms with E-state index in [1.54, 1.807) is 0 Å². The summed E-state index contributed by atoms with van der Waals surface area (Å²) in [6.07, 6.45) is 1.28. The number of nitrogens with zero attached hydrogens (tertiary/aromatic N) is 2. The van der Waals surface area contributed by atoms with Crippen molar-refractivity contribution in [1.29, 1.82) is 0 Å². The third-order valence-corrected chi connectivity index (χ3v) is 3.17. The van der Waals surface area contributed by atoms with E-state index in [9.17, 15) is 9.90 Å². The highest BCUT2D eigenvalue weighted by Crippen LogP contribution is 2.14. The second-order valence-electron chi connectivity index (χ2n) is 4.75. The number of rotatable bonds is 5. The van der Waals surface area contributed by atoms with E-state index in [4.69, 9.17) is 5.11 Å². The molecule has 0 radical (unpaired) electrons. The molecule has 0 aromatic rings. The molecule has 1 saturated heterocycles. The van der Waals surface area contributed by atoms with E-state index in [1.807, 2.05) is 0 Å². The minimum Gasteiger partial charge on any atom is -0.481 e. The maximum atomic E-state index is 10.4. The molecule has 0 aromatic carbocycles. The van der Waals surface area contributed by atoms with Gasteiger partial charge in [-0.1, -0.05) is 0 Å². The van der Waals surface area contributed by atoms with Crippen LogP contribution in [0.5, 0.6) is 0 Å². The zero-order valence-electron chi connectivity index (χ0n) is 10.1. The van der Waals surface area contributed by atoms with E-state index in [2.05, 4.69) is 23.9 Å². The van der Waals surface area contributed by atoms with Crippen molar-refractivity contribution in [3.8, 4) is 0 Å². The first-order valence-electron chi connectivity index (χ1n) is 5.77. The summed E-state index contributed by atoms with van der Waals surface area (Å²) in [5, 5.41) is 18.1. The Labute approximate surface area is 96.7 Å². The van der Waals surface area contributed by atoms with E-state index in [-0.39, 0.29) is 6.42 Å². The molecule has 16 heavy (non-hydrogen) atoms. The summed E-state index contributed by atoms with van der Waals surface area (Å²) in [5.74, 6) is -0.935. The van der Waals surface area contributed by atoms with Gasteiger partial charge in [-0.05, 0) is 40.0 Å². The molecule has 1 atom stereocenters. The first-order chi connectivity index (χ1) is 7.49. The van der Waals surface area contributed by atoms with Crippen molar-refractivity contribution in [3.63, 3.8) is 0 Å². The highest BCUT2D eigenvalue weighted by molar-refractivity contribution is 5.67. The van der Waals surface area contributed by atoms with Crippen molar-refractivity contribution in [2.24, 2.45) is 0 Å². The summed E-state index contributed by atoms with van der Waals surface area (Å²) in [6, 6.07) is 0.618. The van der Waals surface area contributed by atoms with E-state index < -0.39 is 12.1 Å². The van der Waals surface area contributed by atoms with Crippen LogP contribution in [0, 0.1) is 0 Å². The van der Waals surface area contributed by atoms with Gasteiger partial charge in [0.05, 0.1) is 12.5 Å². The van der Waals surface area contributed by atoms with Gasteiger partial charge in [-0.25, -0.2) is 0 Å². The Kier molecular flexibility index (Phi) is 5.18. The number of hydrogen-bond donors (Lipinski definition) is 2. The number of aliphatic hydroxyl groups excluding tert-OH is 1. The van der Waals surface area contributed by atoms with Gasteiger partial charge in [-0.15, -0.1) is 0 Å². The van der Waals surface area contributed by atoms with Gasteiger partial charge in [0, 0.05) is 12.6 Å². The maximum Gasteiger partial charge on any atom is 0.306 e. The molecule has 1 fully saturated rings. The molecule has 0 spiro atoms. The smallest absolute Gasteiger partial charge is 0.306 e. The third kappa shape index (κ3) is 4.47. The second kappa shape index (κ2) is 6.18. The zero-order chi connectivity index (χ0) is 12.1. The van der Waals surface area contributed by atoms with Crippen LogP contribution in [-0.4, -0.2) is 71.9 Å². The van der Waals surface area contributed by atoms with Gasteiger partial charge in [0.2, 0.25) is 0 Å². The molecule has 1 heterocycles. The first-order valence-corrected chi connectivity index (χ1v) is 5.77. The molecule has 0 aromatic heterocycles. The number of likely N-dealkylation sites (tertiary alicyclic amines) is 1. The fourth-order valence-electron chi connectivity index (χ4n) is 2.18. The number of carbonyl (C=O) groups is 1. The van der Waals surface area contributed by atoms with Crippen LogP contribution >= 0.6 is 0 Å². The number of aliphatic hydroxyl groups is 1. The van der Waals surface area contributed by atoms with Gasteiger partial charge in [0.1, 0.15) is 0 Å². The molecule has 2 N–H and O–H groups in total. The van der Waals surface area contributed by atoms with E-state index in [0.717, 1.165) is 25.9 Å². The molecule has 1 aliphatic heterocycles. The predicted octanol–water partition coefficient (Wildman–Crippen LogP) is -0.152. The van der Waals surface area contributed by atoms with Crippen molar-refractivity contribution >= 4 is 5.97 Å². The Bertz CT molecular complexity index is 225. The summed E-state index contributed by atoms with van der Waals surface area (Å²) in [5.41, 5.74) is 0. The summed E-state index contributed by atoms with van der Waals surface area (Å²) in [6.45, 7) is 2.37. The monoisotopic (exact) mass is 230 g/mol. The van der Waals surface area contributed by atoms with Crippen LogP contribution in [0.2, 0.25) is 0 Å². The Hall–Kier alpha value is -0.650. The summed E-state index contributed by atoms with van der Waals surface area (Å²) in [4.78, 5) is 14.8. The normalized spacial score (nSPS) is 21.2. The van der Waals surface area contributed by atoms with E-state index in [1.165, 1.54) is 0 Å². The van der Waals surface area contributed by atoms with Crippen molar-refractivity contribution in [3.05, 3.63) is 0 Å². The second-order valence-corrected chi connectivity index (χ2v) is 4.75. The molecule has 5 heteroatoms. The fourth-order valence-corrected chi connectivity index (χ4v) is 2.18. The molecular formula is C11H22N2O3. The molecular weight excluding hydrogens is 208 g/mol. The Morgan fingerprint density at radius 2 is 2.00 bits per heavy atom. The lowest BCUT2D eigenvalue weighted by Crippen LogP contribution is -2.44. The van der Waals surface area contributed by atoms with Gasteiger partial charge in [0.15, 0.2) is 0 Å². The molecule has 0 amide bonds. The van der Waals surface area contributed by atoms with Crippen LogP contribution in [0.3, 0.4) is 0 Å². The van der Waals surface area contributed by atoms with Crippen molar-refractivity contribution in [2.45, 2.75) is 31.4 Å².